The molecule has 0 heterocycles. The fourth-order valence-electron chi connectivity index (χ4n) is 5.26. The fourth-order valence-corrected chi connectivity index (χ4v) is 6.40. The molecule has 0 radical (unpaired) electrons. The van der Waals surface area contributed by atoms with Crippen molar-refractivity contribution in [3.05, 3.63) is 103 Å². The van der Waals surface area contributed by atoms with Crippen LogP contribution in [-0.2, 0) is 19.5 Å². The number of aryl methyl sites for hydroxylation is 1. The van der Waals surface area contributed by atoms with E-state index in [2.05, 4.69) is 45.4 Å². The first-order valence-corrected chi connectivity index (χ1v) is 17.0. The molecule has 15 nitrogen and oxygen atoms in total. The summed E-state index contributed by atoms with van der Waals surface area (Å²) in [4.78, 5) is -0.502. The van der Waals surface area contributed by atoms with Crippen molar-refractivity contribution in [1.29, 1.82) is 0 Å². The SMILES string of the molecule is CN=Nc1c(Nc2ccccc2)ccc2c(O)c(N=Nc3ccc4c(O)c(N=Nc5ccccc5)c(SOOO)cc4c3C)c(S(=O)(=O)O)cc12. The molecular formula is C34H27N7O8S2. The molecule has 0 spiro atoms. The van der Waals surface area contributed by atoms with E-state index >= 15 is 0 Å². The van der Waals surface area contributed by atoms with Gasteiger partial charge in [-0.2, -0.15) is 28.9 Å². The van der Waals surface area contributed by atoms with Gasteiger partial charge in [-0.15, -0.1) is 14.6 Å². The Balaban J connectivity index is 1.46. The summed E-state index contributed by atoms with van der Waals surface area (Å²) in [6.07, 6.45) is 0. The molecule has 6 aromatic rings. The summed E-state index contributed by atoms with van der Waals surface area (Å²) < 4.78 is 40.2. The van der Waals surface area contributed by atoms with Crippen LogP contribution in [0.1, 0.15) is 5.56 Å². The third-order valence-electron chi connectivity index (χ3n) is 7.64. The number of azo groups is 3. The highest BCUT2D eigenvalue weighted by atomic mass is 32.2. The molecule has 0 amide bonds. The predicted molar refractivity (Wildman–Crippen MR) is 191 cm³/mol. The van der Waals surface area contributed by atoms with Crippen LogP contribution >= 0.6 is 12.0 Å². The Morgan fingerprint density at radius 2 is 1.35 bits per heavy atom. The zero-order chi connectivity index (χ0) is 36.1. The lowest BCUT2D eigenvalue weighted by Gasteiger charge is -2.14. The monoisotopic (exact) mass is 725 g/mol. The van der Waals surface area contributed by atoms with Crippen molar-refractivity contribution in [2.75, 3.05) is 12.4 Å². The molecule has 0 fully saturated rings. The number of phenolic OH excluding ortho intramolecular Hbond substituents is 2. The van der Waals surface area contributed by atoms with Gasteiger partial charge in [0, 0.05) is 28.9 Å². The number of nitrogens with zero attached hydrogens (tertiary/aromatic N) is 6. The van der Waals surface area contributed by atoms with Crippen molar-refractivity contribution in [2.24, 2.45) is 30.7 Å². The fraction of sp³-hybridized carbons (Fsp3) is 0.0588. The number of benzene rings is 6. The van der Waals surface area contributed by atoms with E-state index in [1.54, 1.807) is 55.5 Å². The lowest BCUT2D eigenvalue weighted by Crippen LogP contribution is -1.99. The highest BCUT2D eigenvalue weighted by Crippen LogP contribution is 2.48. The largest absolute Gasteiger partial charge is 0.505 e. The van der Waals surface area contributed by atoms with Gasteiger partial charge in [0.25, 0.3) is 10.1 Å². The van der Waals surface area contributed by atoms with Crippen molar-refractivity contribution in [3.63, 3.8) is 0 Å². The van der Waals surface area contributed by atoms with Crippen molar-refractivity contribution in [2.45, 2.75) is 16.7 Å². The summed E-state index contributed by atoms with van der Waals surface area (Å²) in [5.74, 6) is -0.836. The van der Waals surface area contributed by atoms with E-state index in [9.17, 15) is 23.2 Å². The summed E-state index contributed by atoms with van der Waals surface area (Å²) in [6.45, 7) is 1.67. The summed E-state index contributed by atoms with van der Waals surface area (Å²) in [5.41, 5.74) is 2.13. The molecule has 0 aliphatic carbocycles. The lowest BCUT2D eigenvalue weighted by molar-refractivity contribution is -0.432. The molecule has 6 aromatic carbocycles. The summed E-state index contributed by atoms with van der Waals surface area (Å²) >= 11 is 0.563. The number of para-hydroxylation sites is 1. The van der Waals surface area contributed by atoms with Gasteiger partial charge in [0.2, 0.25) is 0 Å². The van der Waals surface area contributed by atoms with Gasteiger partial charge >= 0.3 is 0 Å². The van der Waals surface area contributed by atoms with Gasteiger partial charge in [-0.05, 0) is 78.5 Å². The maximum absolute atomic E-state index is 12.7. The van der Waals surface area contributed by atoms with E-state index in [4.69, 9.17) is 5.26 Å². The molecule has 0 aliphatic rings. The molecule has 0 aromatic heterocycles. The Morgan fingerprint density at radius 3 is 2.04 bits per heavy atom. The molecule has 6 rings (SSSR count). The number of phenols is 2. The second kappa shape index (κ2) is 15.0. The molecule has 51 heavy (non-hydrogen) atoms. The number of hydrogen-bond acceptors (Lipinski definition) is 15. The highest BCUT2D eigenvalue weighted by molar-refractivity contribution is 7.94. The second-order valence-electron chi connectivity index (χ2n) is 10.7. The first-order chi connectivity index (χ1) is 24.6. The summed E-state index contributed by atoms with van der Waals surface area (Å²) in [6, 6.07) is 27.0. The first kappa shape index (κ1) is 35.0. The molecule has 0 atom stereocenters. The van der Waals surface area contributed by atoms with Gasteiger partial charge in [0.05, 0.1) is 34.0 Å². The smallest absolute Gasteiger partial charge is 0.296 e. The number of anilines is 2. The number of rotatable bonds is 11. The minimum Gasteiger partial charge on any atom is -0.505 e. The van der Waals surface area contributed by atoms with E-state index in [-0.39, 0.29) is 38.5 Å². The van der Waals surface area contributed by atoms with Crippen LogP contribution < -0.4 is 5.32 Å². The Labute approximate surface area is 294 Å². The van der Waals surface area contributed by atoms with Crippen molar-refractivity contribution >= 4 is 83.5 Å². The molecule has 0 saturated heterocycles. The maximum Gasteiger partial charge on any atom is 0.296 e. The van der Waals surface area contributed by atoms with Gasteiger partial charge in [-0.25, -0.2) is 5.26 Å². The minimum atomic E-state index is -4.96. The van der Waals surface area contributed by atoms with Gasteiger partial charge < -0.3 is 15.5 Å². The van der Waals surface area contributed by atoms with Crippen LogP contribution in [0.25, 0.3) is 21.5 Å². The highest BCUT2D eigenvalue weighted by Gasteiger charge is 2.25. The number of aromatic hydroxyl groups is 2. The van der Waals surface area contributed by atoms with Crippen molar-refractivity contribution < 1.29 is 37.8 Å². The summed E-state index contributed by atoms with van der Waals surface area (Å²) in [5, 5.41) is 64.2. The van der Waals surface area contributed by atoms with Crippen LogP contribution in [0, 0.1) is 6.92 Å². The van der Waals surface area contributed by atoms with E-state index < -0.39 is 26.5 Å². The third-order valence-corrected chi connectivity index (χ3v) is 9.13. The van der Waals surface area contributed by atoms with Gasteiger partial charge in [0.1, 0.15) is 22.0 Å². The second-order valence-corrected chi connectivity index (χ2v) is 12.9. The molecular weight excluding hydrogens is 699 g/mol. The van der Waals surface area contributed by atoms with E-state index in [0.29, 0.717) is 39.8 Å². The van der Waals surface area contributed by atoms with Gasteiger partial charge in [-0.1, -0.05) is 41.4 Å². The number of hydrogen-bond donors (Lipinski definition) is 5. The normalized spacial score (nSPS) is 12.2. The average Bonchev–Trinajstić information content (AvgIpc) is 3.12. The number of fused-ring (bicyclic) bond motifs is 2. The van der Waals surface area contributed by atoms with Crippen LogP contribution in [0.15, 0.2) is 138 Å². The lowest BCUT2D eigenvalue weighted by atomic mass is 10.0. The molecule has 0 saturated carbocycles. The Bertz CT molecular complexity index is 2460. The van der Waals surface area contributed by atoms with Crippen molar-refractivity contribution in [3.8, 4) is 11.5 Å². The number of nitrogens with one attached hydrogen (secondary N) is 1. The van der Waals surface area contributed by atoms with Crippen LogP contribution in [0.5, 0.6) is 11.5 Å². The standard InChI is InChI=1S/C34H27N7O8S2/c1-19-24-17-28(50-49-48-44)31(40-37-21-11-7-4-8-12-21)33(42)22(24)13-15-26(19)38-41-32-29(51(45,46)47)18-25-23(34(32)43)14-16-27(30(25)39-35-2)36-20-9-5-3-6-10-20/h3-18,36,42-44H,1-2H3,(H,45,46,47). The Morgan fingerprint density at radius 1 is 0.706 bits per heavy atom. The predicted octanol–water partition coefficient (Wildman–Crippen LogP) is 10.7. The molecule has 258 valence electrons. The molecule has 0 bridgehead atoms. The zero-order valence-corrected chi connectivity index (χ0v) is 28.3. The maximum atomic E-state index is 12.7. The third kappa shape index (κ3) is 7.38. The van der Waals surface area contributed by atoms with Crippen molar-refractivity contribution in [1.82, 2.24) is 0 Å². The summed E-state index contributed by atoms with van der Waals surface area (Å²) in [7, 11) is -3.52. The molecule has 5 N–H and O–H groups in total. The van der Waals surface area contributed by atoms with Crippen LogP contribution in [0.2, 0.25) is 0 Å². The van der Waals surface area contributed by atoms with E-state index in [1.807, 2.05) is 36.4 Å². The molecule has 17 heteroatoms. The van der Waals surface area contributed by atoms with E-state index in [1.165, 1.54) is 13.1 Å². The van der Waals surface area contributed by atoms with Crippen LogP contribution in [-0.4, -0.2) is 35.5 Å². The quantitative estimate of drug-likeness (QED) is 0.0279. The van der Waals surface area contributed by atoms with E-state index in [0.717, 1.165) is 11.8 Å². The van der Waals surface area contributed by atoms with Crippen LogP contribution in [0.4, 0.5) is 39.8 Å². The Kier molecular flexibility index (Phi) is 10.3. The molecule has 0 aliphatic heterocycles. The van der Waals surface area contributed by atoms with Gasteiger partial charge in [-0.3, -0.25) is 4.55 Å². The molecule has 0 unspecified atom stereocenters. The van der Waals surface area contributed by atoms with Crippen LogP contribution in [0.3, 0.4) is 0 Å². The van der Waals surface area contributed by atoms with Gasteiger partial charge in [0.15, 0.2) is 11.5 Å². The Hall–Kier alpha value is -5.82. The topological polar surface area (TPSA) is 220 Å². The minimum absolute atomic E-state index is 0.0326. The zero-order valence-electron chi connectivity index (χ0n) is 26.7. The average molecular weight is 726 g/mol. The first-order valence-electron chi connectivity index (χ1n) is 14.8.